The van der Waals surface area contributed by atoms with Gasteiger partial charge in [0, 0.05) is 0 Å². The molecule has 0 saturated heterocycles. The van der Waals surface area contributed by atoms with Crippen molar-refractivity contribution in [1.82, 2.24) is 0 Å². The molecule has 0 aromatic rings. The van der Waals surface area contributed by atoms with Crippen molar-refractivity contribution < 1.29 is 19.1 Å². The van der Waals surface area contributed by atoms with Gasteiger partial charge in [-0.2, -0.15) is 0 Å². The minimum atomic E-state index is -1.95. The highest BCUT2D eigenvalue weighted by Gasteiger charge is 2.44. The van der Waals surface area contributed by atoms with E-state index in [-0.39, 0.29) is 11.6 Å². The number of carbonyl (C=O) groups is 1. The summed E-state index contributed by atoms with van der Waals surface area (Å²) in [6, 6.07) is 0. The Morgan fingerprint density at radius 1 is 1.26 bits per heavy atom. The predicted octanol–water partition coefficient (Wildman–Crippen LogP) is 2.96. The number of hydrogen-bond donors (Lipinski definition) is 1. The molecular formula is C14H30O4Si. The summed E-state index contributed by atoms with van der Waals surface area (Å²) in [5.74, 6) is -0.399. The molecule has 19 heavy (non-hydrogen) atoms. The molecule has 2 atom stereocenters. The van der Waals surface area contributed by atoms with Crippen LogP contribution in [0, 0.1) is 5.41 Å². The van der Waals surface area contributed by atoms with E-state index in [1.165, 1.54) is 0 Å². The van der Waals surface area contributed by atoms with Gasteiger partial charge in [-0.15, -0.1) is 0 Å². The standard InChI is InChI=1S/C14H30O4Si/c1-9-17-12(16)14(6,11(2)15)10-18-19(7,8)13(3,4)5/h11,15H,9-10H2,1-8H3/t11-,14-/m0/s1. The van der Waals surface area contributed by atoms with E-state index in [4.69, 9.17) is 9.16 Å². The molecule has 0 radical (unpaired) electrons. The molecule has 0 fully saturated rings. The summed E-state index contributed by atoms with van der Waals surface area (Å²) in [4.78, 5) is 12.0. The van der Waals surface area contributed by atoms with E-state index in [9.17, 15) is 9.90 Å². The fourth-order valence-corrected chi connectivity index (χ4v) is 2.29. The van der Waals surface area contributed by atoms with Crippen LogP contribution in [0.15, 0.2) is 0 Å². The largest absolute Gasteiger partial charge is 0.465 e. The van der Waals surface area contributed by atoms with E-state index >= 15 is 0 Å². The summed E-state index contributed by atoms with van der Waals surface area (Å²) in [5.41, 5.74) is -1.01. The smallest absolute Gasteiger partial charge is 0.316 e. The molecule has 0 spiro atoms. The van der Waals surface area contributed by atoms with Gasteiger partial charge in [-0.05, 0) is 38.9 Å². The van der Waals surface area contributed by atoms with Gasteiger partial charge in [0.1, 0.15) is 5.41 Å². The van der Waals surface area contributed by atoms with Gasteiger partial charge in [-0.1, -0.05) is 20.8 Å². The van der Waals surface area contributed by atoms with Gasteiger partial charge in [0.15, 0.2) is 8.32 Å². The van der Waals surface area contributed by atoms with E-state index < -0.39 is 25.8 Å². The second-order valence-corrected chi connectivity index (χ2v) is 11.7. The van der Waals surface area contributed by atoms with Crippen molar-refractivity contribution in [3.63, 3.8) is 0 Å². The maximum absolute atomic E-state index is 12.0. The molecule has 4 nitrogen and oxygen atoms in total. The fourth-order valence-electron chi connectivity index (χ4n) is 1.19. The number of carbonyl (C=O) groups excluding carboxylic acids is 1. The molecule has 5 heteroatoms. The highest BCUT2D eigenvalue weighted by molar-refractivity contribution is 6.74. The van der Waals surface area contributed by atoms with Crippen LogP contribution in [0.1, 0.15) is 41.5 Å². The molecule has 0 unspecified atom stereocenters. The maximum atomic E-state index is 12.0. The number of aliphatic hydroxyl groups excluding tert-OH is 1. The first-order valence-corrected chi connectivity index (χ1v) is 9.78. The Morgan fingerprint density at radius 3 is 2.05 bits per heavy atom. The van der Waals surface area contributed by atoms with Gasteiger partial charge in [0.25, 0.3) is 0 Å². The molecule has 0 aromatic heterocycles. The van der Waals surface area contributed by atoms with Gasteiger partial charge >= 0.3 is 5.97 Å². The van der Waals surface area contributed by atoms with Crippen molar-refractivity contribution in [1.29, 1.82) is 0 Å². The van der Waals surface area contributed by atoms with E-state index in [2.05, 4.69) is 33.9 Å². The van der Waals surface area contributed by atoms with Gasteiger partial charge in [0.05, 0.1) is 19.3 Å². The van der Waals surface area contributed by atoms with Crippen molar-refractivity contribution in [3.8, 4) is 0 Å². The van der Waals surface area contributed by atoms with Crippen LogP contribution in [-0.2, 0) is 14.0 Å². The number of rotatable bonds is 6. The monoisotopic (exact) mass is 290 g/mol. The van der Waals surface area contributed by atoms with Crippen LogP contribution in [-0.4, -0.2) is 38.7 Å². The first-order chi connectivity index (χ1) is 8.38. The molecular weight excluding hydrogens is 260 g/mol. The van der Waals surface area contributed by atoms with E-state index in [0.29, 0.717) is 6.61 Å². The lowest BCUT2D eigenvalue weighted by Crippen LogP contribution is -2.49. The third kappa shape index (κ3) is 4.58. The van der Waals surface area contributed by atoms with Crippen molar-refractivity contribution in [2.24, 2.45) is 5.41 Å². The van der Waals surface area contributed by atoms with Gasteiger partial charge in [-0.3, -0.25) is 4.79 Å². The molecule has 0 rings (SSSR count). The molecule has 1 N–H and O–H groups in total. The SMILES string of the molecule is CCOC(=O)[C@@](C)(CO[Si](C)(C)C(C)(C)C)[C@H](C)O. The Balaban J connectivity index is 4.94. The zero-order valence-corrected chi connectivity index (χ0v) is 14.7. The Kier molecular flexibility index (Phi) is 6.24. The van der Waals surface area contributed by atoms with Crippen molar-refractivity contribution >= 4 is 14.3 Å². The Hall–Kier alpha value is -0.393. The lowest BCUT2D eigenvalue weighted by Gasteiger charge is -2.40. The highest BCUT2D eigenvalue weighted by Crippen LogP contribution is 2.38. The van der Waals surface area contributed by atoms with Crippen molar-refractivity contribution in [3.05, 3.63) is 0 Å². The minimum absolute atomic E-state index is 0.0707. The lowest BCUT2D eigenvalue weighted by atomic mass is 9.86. The van der Waals surface area contributed by atoms with E-state index in [0.717, 1.165) is 0 Å². The van der Waals surface area contributed by atoms with Crippen LogP contribution in [0.2, 0.25) is 18.1 Å². The fraction of sp³-hybridized carbons (Fsp3) is 0.929. The summed E-state index contributed by atoms with van der Waals surface area (Å²) in [5, 5.41) is 9.97. The van der Waals surface area contributed by atoms with Gasteiger partial charge < -0.3 is 14.3 Å². The predicted molar refractivity (Wildman–Crippen MR) is 79.6 cm³/mol. The first-order valence-electron chi connectivity index (χ1n) is 6.87. The summed E-state index contributed by atoms with van der Waals surface area (Å²) in [7, 11) is -1.95. The number of hydrogen-bond acceptors (Lipinski definition) is 4. The summed E-state index contributed by atoms with van der Waals surface area (Å²) < 4.78 is 11.1. The lowest BCUT2D eigenvalue weighted by molar-refractivity contribution is -0.163. The van der Waals surface area contributed by atoms with E-state index in [1.807, 2.05) is 0 Å². The van der Waals surface area contributed by atoms with E-state index in [1.54, 1.807) is 20.8 Å². The Morgan fingerprint density at radius 2 is 1.74 bits per heavy atom. The van der Waals surface area contributed by atoms with Crippen molar-refractivity contribution in [2.45, 2.75) is 65.8 Å². The molecule has 114 valence electrons. The van der Waals surface area contributed by atoms with Crippen molar-refractivity contribution in [2.75, 3.05) is 13.2 Å². The molecule has 0 aromatic carbocycles. The molecule has 0 bridgehead atoms. The number of ether oxygens (including phenoxy) is 1. The zero-order valence-electron chi connectivity index (χ0n) is 13.7. The first kappa shape index (κ1) is 18.6. The van der Waals surface area contributed by atoms with Crippen LogP contribution in [0.25, 0.3) is 0 Å². The number of esters is 1. The topological polar surface area (TPSA) is 55.8 Å². The number of aliphatic hydroxyl groups is 1. The van der Waals surface area contributed by atoms with Gasteiger partial charge in [0.2, 0.25) is 0 Å². The van der Waals surface area contributed by atoms with Gasteiger partial charge in [-0.25, -0.2) is 0 Å². The van der Waals surface area contributed by atoms with Crippen LogP contribution in [0.3, 0.4) is 0 Å². The van der Waals surface area contributed by atoms with Crippen LogP contribution < -0.4 is 0 Å². The molecule has 0 aliphatic heterocycles. The highest BCUT2D eigenvalue weighted by atomic mass is 28.4. The maximum Gasteiger partial charge on any atom is 0.316 e. The minimum Gasteiger partial charge on any atom is -0.465 e. The molecule has 0 aliphatic carbocycles. The zero-order chi connectivity index (χ0) is 15.5. The summed E-state index contributed by atoms with van der Waals surface area (Å²) in [6.45, 7) is 16.2. The summed E-state index contributed by atoms with van der Waals surface area (Å²) in [6.07, 6.45) is -0.809. The second kappa shape index (κ2) is 6.37. The third-order valence-electron chi connectivity index (χ3n) is 4.20. The Labute approximate surface area is 118 Å². The average molecular weight is 290 g/mol. The normalized spacial score (nSPS) is 17.7. The summed E-state index contributed by atoms with van der Waals surface area (Å²) >= 11 is 0. The molecule has 0 aliphatic rings. The second-order valence-electron chi connectivity index (χ2n) is 6.86. The third-order valence-corrected chi connectivity index (χ3v) is 8.68. The molecule has 0 heterocycles. The quantitative estimate of drug-likeness (QED) is 0.603. The van der Waals surface area contributed by atoms with Crippen LogP contribution in [0.4, 0.5) is 0 Å². The molecule has 0 amide bonds. The Bertz CT molecular complexity index is 307. The van der Waals surface area contributed by atoms with Crippen LogP contribution in [0.5, 0.6) is 0 Å². The average Bonchev–Trinajstić information content (AvgIpc) is 2.24. The van der Waals surface area contributed by atoms with Crippen LogP contribution >= 0.6 is 0 Å². The molecule has 0 saturated carbocycles.